The topological polar surface area (TPSA) is 44.1 Å². The highest BCUT2D eigenvalue weighted by atomic mass is 16.5. The van der Waals surface area contributed by atoms with Gasteiger partial charge in [0.2, 0.25) is 0 Å². The lowest BCUT2D eigenvalue weighted by molar-refractivity contribution is 0.0486. The highest BCUT2D eigenvalue weighted by molar-refractivity contribution is 5.87. The molecule has 0 aliphatic heterocycles. The van der Waals surface area contributed by atoms with Gasteiger partial charge in [0.25, 0.3) is 0 Å². The van der Waals surface area contributed by atoms with Crippen LogP contribution in [-0.4, -0.2) is 22.1 Å². The standard InChI is InChI=1S/C16H20N2O2/c1-3-4-10-20-16(19)15-11-17-12-18(15)13(2)14-8-6-5-7-9-14/h5-9,11-13H,3-4,10H2,1-2H3/t13-/m1/s1. The maximum absolute atomic E-state index is 12.1. The molecule has 106 valence electrons. The molecule has 0 aliphatic carbocycles. The van der Waals surface area contributed by atoms with Crippen molar-refractivity contribution in [2.45, 2.75) is 32.7 Å². The van der Waals surface area contributed by atoms with Crippen LogP contribution in [0.15, 0.2) is 42.9 Å². The molecule has 0 amide bonds. The smallest absolute Gasteiger partial charge is 0.356 e. The minimum atomic E-state index is -0.307. The molecule has 0 N–H and O–H groups in total. The fourth-order valence-electron chi connectivity index (χ4n) is 2.05. The Kier molecular flexibility index (Phi) is 4.93. The molecule has 1 atom stereocenters. The summed E-state index contributed by atoms with van der Waals surface area (Å²) in [6.07, 6.45) is 5.13. The molecule has 1 aromatic carbocycles. The molecule has 2 aromatic rings. The molecule has 0 saturated heterocycles. The van der Waals surface area contributed by atoms with Gasteiger partial charge in [-0.2, -0.15) is 0 Å². The second-order valence-electron chi connectivity index (χ2n) is 4.76. The Morgan fingerprint density at radius 1 is 1.35 bits per heavy atom. The number of aromatic nitrogens is 2. The fraction of sp³-hybridized carbons (Fsp3) is 0.375. The molecule has 1 heterocycles. The second kappa shape index (κ2) is 6.89. The van der Waals surface area contributed by atoms with Gasteiger partial charge in [-0.25, -0.2) is 9.78 Å². The van der Waals surface area contributed by atoms with Gasteiger partial charge in [-0.05, 0) is 18.9 Å². The number of nitrogens with zero attached hydrogens (tertiary/aromatic N) is 2. The summed E-state index contributed by atoms with van der Waals surface area (Å²) < 4.78 is 7.10. The molecular formula is C16H20N2O2. The van der Waals surface area contributed by atoms with Gasteiger partial charge in [0, 0.05) is 0 Å². The molecule has 4 nitrogen and oxygen atoms in total. The summed E-state index contributed by atoms with van der Waals surface area (Å²) >= 11 is 0. The lowest BCUT2D eigenvalue weighted by Crippen LogP contribution is -2.16. The minimum absolute atomic E-state index is 0.0485. The molecule has 0 fully saturated rings. The van der Waals surface area contributed by atoms with Crippen LogP contribution in [0, 0.1) is 0 Å². The number of carbonyl (C=O) groups excluding carboxylic acids is 1. The molecule has 4 heteroatoms. The lowest BCUT2D eigenvalue weighted by atomic mass is 10.1. The zero-order valence-electron chi connectivity index (χ0n) is 12.0. The summed E-state index contributed by atoms with van der Waals surface area (Å²) in [6.45, 7) is 4.57. The Morgan fingerprint density at radius 2 is 2.10 bits per heavy atom. The van der Waals surface area contributed by atoms with Crippen molar-refractivity contribution in [3.8, 4) is 0 Å². The van der Waals surface area contributed by atoms with Crippen molar-refractivity contribution in [1.82, 2.24) is 9.55 Å². The number of hydrogen-bond acceptors (Lipinski definition) is 3. The van der Waals surface area contributed by atoms with Crippen molar-refractivity contribution in [3.05, 3.63) is 54.1 Å². The first kappa shape index (κ1) is 14.3. The second-order valence-corrected chi connectivity index (χ2v) is 4.76. The van der Waals surface area contributed by atoms with Crippen LogP contribution in [0.3, 0.4) is 0 Å². The van der Waals surface area contributed by atoms with Gasteiger partial charge in [0.05, 0.1) is 25.2 Å². The van der Waals surface area contributed by atoms with E-state index in [1.165, 1.54) is 0 Å². The van der Waals surface area contributed by atoms with Crippen LogP contribution in [0.25, 0.3) is 0 Å². The normalized spacial score (nSPS) is 12.1. The first-order chi connectivity index (χ1) is 9.74. The number of carbonyl (C=O) groups is 1. The summed E-state index contributed by atoms with van der Waals surface area (Å²) in [5.74, 6) is -0.307. The number of rotatable bonds is 6. The van der Waals surface area contributed by atoms with Crippen LogP contribution < -0.4 is 0 Å². The van der Waals surface area contributed by atoms with E-state index in [-0.39, 0.29) is 12.0 Å². The molecule has 0 spiro atoms. The summed E-state index contributed by atoms with van der Waals surface area (Å²) in [4.78, 5) is 16.1. The number of benzene rings is 1. The van der Waals surface area contributed by atoms with Crippen molar-refractivity contribution in [3.63, 3.8) is 0 Å². The van der Waals surface area contributed by atoms with Gasteiger partial charge in [-0.1, -0.05) is 43.7 Å². The summed E-state index contributed by atoms with van der Waals surface area (Å²) in [5.41, 5.74) is 1.63. The van der Waals surface area contributed by atoms with E-state index in [0.29, 0.717) is 12.3 Å². The summed E-state index contributed by atoms with van der Waals surface area (Å²) in [6, 6.07) is 10.1. The fourth-order valence-corrected chi connectivity index (χ4v) is 2.05. The van der Waals surface area contributed by atoms with Crippen molar-refractivity contribution >= 4 is 5.97 Å². The highest BCUT2D eigenvalue weighted by Crippen LogP contribution is 2.19. The molecule has 0 radical (unpaired) electrons. The zero-order chi connectivity index (χ0) is 14.4. The Bertz CT molecular complexity index is 549. The highest BCUT2D eigenvalue weighted by Gasteiger charge is 2.17. The molecule has 0 aliphatic rings. The largest absolute Gasteiger partial charge is 0.461 e. The number of esters is 1. The number of unbranched alkanes of at least 4 members (excludes halogenated alkanes) is 1. The van der Waals surface area contributed by atoms with Crippen molar-refractivity contribution < 1.29 is 9.53 Å². The molecule has 2 rings (SSSR count). The van der Waals surface area contributed by atoms with Crippen molar-refractivity contribution in [2.75, 3.05) is 6.61 Å². The van der Waals surface area contributed by atoms with Crippen LogP contribution in [-0.2, 0) is 4.74 Å². The minimum Gasteiger partial charge on any atom is -0.461 e. The van der Waals surface area contributed by atoms with E-state index >= 15 is 0 Å². The van der Waals surface area contributed by atoms with E-state index in [0.717, 1.165) is 18.4 Å². The maximum Gasteiger partial charge on any atom is 0.356 e. The van der Waals surface area contributed by atoms with Gasteiger partial charge in [0.15, 0.2) is 0 Å². The van der Waals surface area contributed by atoms with Crippen LogP contribution in [0.4, 0.5) is 0 Å². The van der Waals surface area contributed by atoms with E-state index < -0.39 is 0 Å². The Balaban J connectivity index is 2.14. The SMILES string of the molecule is CCCCOC(=O)c1cncn1[C@H](C)c1ccccc1. The summed E-state index contributed by atoms with van der Waals surface area (Å²) in [5, 5.41) is 0. The quantitative estimate of drug-likeness (QED) is 0.597. The van der Waals surface area contributed by atoms with E-state index in [9.17, 15) is 4.79 Å². The molecule has 20 heavy (non-hydrogen) atoms. The molecular weight excluding hydrogens is 252 g/mol. The Hall–Kier alpha value is -2.10. The van der Waals surface area contributed by atoms with Crippen molar-refractivity contribution in [2.24, 2.45) is 0 Å². The van der Waals surface area contributed by atoms with E-state index in [1.807, 2.05) is 41.8 Å². The van der Waals surface area contributed by atoms with Gasteiger partial charge in [-0.15, -0.1) is 0 Å². The number of ether oxygens (including phenoxy) is 1. The van der Waals surface area contributed by atoms with Crippen molar-refractivity contribution in [1.29, 1.82) is 0 Å². The molecule has 1 aromatic heterocycles. The predicted octanol–water partition coefficient (Wildman–Crippen LogP) is 3.45. The third kappa shape index (κ3) is 3.26. The van der Waals surface area contributed by atoms with Gasteiger partial charge < -0.3 is 9.30 Å². The molecule has 0 saturated carbocycles. The molecule has 0 bridgehead atoms. The lowest BCUT2D eigenvalue weighted by Gasteiger charge is -2.16. The zero-order valence-corrected chi connectivity index (χ0v) is 12.0. The Morgan fingerprint density at radius 3 is 2.80 bits per heavy atom. The van der Waals surface area contributed by atoms with E-state index in [2.05, 4.69) is 11.9 Å². The first-order valence-electron chi connectivity index (χ1n) is 6.98. The first-order valence-corrected chi connectivity index (χ1v) is 6.98. The summed E-state index contributed by atoms with van der Waals surface area (Å²) in [7, 11) is 0. The number of imidazole rings is 1. The average Bonchev–Trinajstić information content (AvgIpc) is 2.97. The van der Waals surface area contributed by atoms with E-state index in [1.54, 1.807) is 12.5 Å². The maximum atomic E-state index is 12.1. The molecule has 0 unspecified atom stereocenters. The Labute approximate surface area is 119 Å². The predicted molar refractivity (Wildman–Crippen MR) is 77.7 cm³/mol. The monoisotopic (exact) mass is 272 g/mol. The van der Waals surface area contributed by atoms with Crippen LogP contribution in [0.2, 0.25) is 0 Å². The average molecular weight is 272 g/mol. The van der Waals surface area contributed by atoms with Crippen LogP contribution >= 0.6 is 0 Å². The van der Waals surface area contributed by atoms with Gasteiger partial charge in [0.1, 0.15) is 5.69 Å². The van der Waals surface area contributed by atoms with Gasteiger partial charge >= 0.3 is 5.97 Å². The van der Waals surface area contributed by atoms with Gasteiger partial charge in [-0.3, -0.25) is 0 Å². The van der Waals surface area contributed by atoms with Crippen LogP contribution in [0.1, 0.15) is 48.8 Å². The third-order valence-electron chi connectivity index (χ3n) is 3.31. The van der Waals surface area contributed by atoms with Crippen LogP contribution in [0.5, 0.6) is 0 Å². The van der Waals surface area contributed by atoms with E-state index in [4.69, 9.17) is 4.74 Å². The number of hydrogen-bond donors (Lipinski definition) is 0. The third-order valence-corrected chi connectivity index (χ3v) is 3.31.